The van der Waals surface area contributed by atoms with Crippen LogP contribution in [0.5, 0.6) is 0 Å². The van der Waals surface area contributed by atoms with Crippen LogP contribution in [0.2, 0.25) is 5.02 Å². The average Bonchev–Trinajstić information content (AvgIpc) is 2.26. The zero-order valence-electron chi connectivity index (χ0n) is 9.39. The molecule has 0 heterocycles. The SMILES string of the molecule is CCC(CC)(CCl)Cc1cccc(Cl)c1. The monoisotopic (exact) mass is 244 g/mol. The molecule has 0 saturated carbocycles. The molecule has 15 heavy (non-hydrogen) atoms. The van der Waals surface area contributed by atoms with E-state index in [1.807, 2.05) is 18.2 Å². The Bertz CT molecular complexity index is 295. The fourth-order valence-corrected chi connectivity index (χ4v) is 2.50. The molecule has 0 atom stereocenters. The third kappa shape index (κ3) is 3.39. The van der Waals surface area contributed by atoms with Crippen LogP contribution in [-0.2, 0) is 6.42 Å². The van der Waals surface area contributed by atoms with Gasteiger partial charge in [0, 0.05) is 10.9 Å². The topological polar surface area (TPSA) is 0 Å². The van der Waals surface area contributed by atoms with Crippen molar-refractivity contribution in [2.24, 2.45) is 5.41 Å². The maximum atomic E-state index is 6.08. The molecule has 0 fully saturated rings. The smallest absolute Gasteiger partial charge is 0.0408 e. The summed E-state index contributed by atoms with van der Waals surface area (Å²) in [5, 5.41) is 0.808. The molecular weight excluding hydrogens is 227 g/mol. The summed E-state index contributed by atoms with van der Waals surface area (Å²) in [5.74, 6) is 0.715. The highest BCUT2D eigenvalue weighted by atomic mass is 35.5. The van der Waals surface area contributed by atoms with Crippen LogP contribution in [0.25, 0.3) is 0 Å². The van der Waals surface area contributed by atoms with Crippen LogP contribution in [-0.4, -0.2) is 5.88 Å². The van der Waals surface area contributed by atoms with Crippen molar-refractivity contribution in [2.45, 2.75) is 33.1 Å². The van der Waals surface area contributed by atoms with Gasteiger partial charge in [-0.2, -0.15) is 0 Å². The summed E-state index contributed by atoms with van der Waals surface area (Å²) in [6, 6.07) is 8.07. The standard InChI is InChI=1S/C13H18Cl2/c1-3-13(4-2,10-14)9-11-6-5-7-12(15)8-11/h5-8H,3-4,9-10H2,1-2H3. The first kappa shape index (κ1) is 12.9. The van der Waals surface area contributed by atoms with Crippen LogP contribution in [0.3, 0.4) is 0 Å². The first-order chi connectivity index (χ1) is 7.15. The number of benzene rings is 1. The molecule has 0 nitrogen and oxygen atoms in total. The Morgan fingerprint density at radius 1 is 1.20 bits per heavy atom. The summed E-state index contributed by atoms with van der Waals surface area (Å²) < 4.78 is 0. The maximum absolute atomic E-state index is 6.08. The normalized spacial score (nSPS) is 11.7. The van der Waals surface area contributed by atoms with Crippen molar-refractivity contribution < 1.29 is 0 Å². The lowest BCUT2D eigenvalue weighted by Gasteiger charge is -2.29. The minimum Gasteiger partial charge on any atom is -0.126 e. The largest absolute Gasteiger partial charge is 0.126 e. The molecule has 84 valence electrons. The lowest BCUT2D eigenvalue weighted by Crippen LogP contribution is -2.24. The third-order valence-electron chi connectivity index (χ3n) is 3.25. The summed E-state index contributed by atoms with van der Waals surface area (Å²) >= 11 is 12.1. The van der Waals surface area contributed by atoms with Gasteiger partial charge in [-0.1, -0.05) is 37.6 Å². The zero-order valence-corrected chi connectivity index (χ0v) is 10.9. The molecule has 0 aliphatic rings. The lowest BCUT2D eigenvalue weighted by molar-refractivity contribution is 0.302. The molecule has 0 spiro atoms. The second-order valence-electron chi connectivity index (χ2n) is 4.15. The summed E-state index contributed by atoms with van der Waals surface area (Å²) in [4.78, 5) is 0. The van der Waals surface area contributed by atoms with Gasteiger partial charge in [0.1, 0.15) is 0 Å². The van der Waals surface area contributed by atoms with Crippen LogP contribution >= 0.6 is 23.2 Å². The second-order valence-corrected chi connectivity index (χ2v) is 4.85. The van der Waals surface area contributed by atoms with Gasteiger partial charge in [0.25, 0.3) is 0 Å². The van der Waals surface area contributed by atoms with Crippen LogP contribution in [0.15, 0.2) is 24.3 Å². The highest BCUT2D eigenvalue weighted by Gasteiger charge is 2.25. The third-order valence-corrected chi connectivity index (χ3v) is 4.05. The zero-order chi connectivity index (χ0) is 11.3. The minimum absolute atomic E-state index is 0.228. The Hall–Kier alpha value is -0.200. The number of hydrogen-bond donors (Lipinski definition) is 0. The van der Waals surface area contributed by atoms with Gasteiger partial charge in [0.2, 0.25) is 0 Å². The average molecular weight is 245 g/mol. The quantitative estimate of drug-likeness (QED) is 0.645. The molecule has 1 rings (SSSR count). The van der Waals surface area contributed by atoms with Gasteiger partial charge >= 0.3 is 0 Å². The van der Waals surface area contributed by atoms with E-state index in [-0.39, 0.29) is 5.41 Å². The van der Waals surface area contributed by atoms with E-state index in [1.54, 1.807) is 0 Å². The van der Waals surface area contributed by atoms with Gasteiger partial charge in [-0.25, -0.2) is 0 Å². The maximum Gasteiger partial charge on any atom is 0.0408 e. The highest BCUT2D eigenvalue weighted by Crippen LogP contribution is 2.32. The Morgan fingerprint density at radius 3 is 2.33 bits per heavy atom. The predicted molar refractivity (Wildman–Crippen MR) is 68.9 cm³/mol. The van der Waals surface area contributed by atoms with E-state index in [2.05, 4.69) is 19.9 Å². The van der Waals surface area contributed by atoms with Crippen molar-refractivity contribution in [3.05, 3.63) is 34.9 Å². The van der Waals surface area contributed by atoms with E-state index in [9.17, 15) is 0 Å². The summed E-state index contributed by atoms with van der Waals surface area (Å²) in [7, 11) is 0. The van der Waals surface area contributed by atoms with Crippen LogP contribution in [0.4, 0.5) is 0 Å². The summed E-state index contributed by atoms with van der Waals surface area (Å²) in [6.45, 7) is 4.41. The predicted octanol–water partition coefficient (Wildman–Crippen LogP) is 4.93. The highest BCUT2D eigenvalue weighted by molar-refractivity contribution is 6.30. The Kier molecular flexibility index (Phi) is 4.95. The Morgan fingerprint density at radius 2 is 1.87 bits per heavy atom. The Labute approximate surface area is 103 Å². The van der Waals surface area contributed by atoms with Crippen molar-refractivity contribution in [1.29, 1.82) is 0 Å². The molecule has 0 saturated heterocycles. The molecule has 1 aromatic carbocycles. The van der Waals surface area contributed by atoms with Crippen molar-refractivity contribution in [3.8, 4) is 0 Å². The first-order valence-electron chi connectivity index (χ1n) is 5.46. The molecule has 0 unspecified atom stereocenters. The van der Waals surface area contributed by atoms with E-state index in [0.29, 0.717) is 5.88 Å². The van der Waals surface area contributed by atoms with Gasteiger partial charge in [-0.05, 0) is 42.4 Å². The molecule has 0 aromatic heterocycles. The molecule has 0 radical (unpaired) electrons. The minimum atomic E-state index is 0.228. The van der Waals surface area contributed by atoms with Gasteiger partial charge in [0.15, 0.2) is 0 Å². The van der Waals surface area contributed by atoms with E-state index < -0.39 is 0 Å². The van der Waals surface area contributed by atoms with Gasteiger partial charge in [0.05, 0.1) is 0 Å². The van der Waals surface area contributed by atoms with E-state index in [4.69, 9.17) is 23.2 Å². The van der Waals surface area contributed by atoms with E-state index >= 15 is 0 Å². The van der Waals surface area contributed by atoms with Gasteiger partial charge in [-0.3, -0.25) is 0 Å². The fraction of sp³-hybridized carbons (Fsp3) is 0.538. The lowest BCUT2D eigenvalue weighted by atomic mass is 9.79. The fourth-order valence-electron chi connectivity index (χ4n) is 1.82. The molecular formula is C13H18Cl2. The number of hydrogen-bond acceptors (Lipinski definition) is 0. The molecule has 0 N–H and O–H groups in total. The second kappa shape index (κ2) is 5.77. The van der Waals surface area contributed by atoms with Crippen molar-refractivity contribution >= 4 is 23.2 Å². The molecule has 0 aliphatic heterocycles. The van der Waals surface area contributed by atoms with Crippen LogP contribution in [0, 0.1) is 5.41 Å². The summed E-state index contributed by atoms with van der Waals surface area (Å²) in [6.07, 6.45) is 3.24. The summed E-state index contributed by atoms with van der Waals surface area (Å²) in [5.41, 5.74) is 1.51. The van der Waals surface area contributed by atoms with Crippen LogP contribution < -0.4 is 0 Å². The van der Waals surface area contributed by atoms with Crippen LogP contribution in [0.1, 0.15) is 32.3 Å². The number of alkyl halides is 1. The van der Waals surface area contributed by atoms with Crippen molar-refractivity contribution in [3.63, 3.8) is 0 Å². The number of halogens is 2. The van der Waals surface area contributed by atoms with Crippen molar-refractivity contribution in [2.75, 3.05) is 5.88 Å². The van der Waals surface area contributed by atoms with Gasteiger partial charge in [-0.15, -0.1) is 11.6 Å². The molecule has 0 bridgehead atoms. The number of rotatable bonds is 5. The van der Waals surface area contributed by atoms with E-state index in [0.717, 1.165) is 24.3 Å². The molecule has 0 amide bonds. The molecule has 2 heteroatoms. The Balaban J connectivity index is 2.82. The van der Waals surface area contributed by atoms with Crippen molar-refractivity contribution in [1.82, 2.24) is 0 Å². The van der Waals surface area contributed by atoms with E-state index in [1.165, 1.54) is 5.56 Å². The van der Waals surface area contributed by atoms with Gasteiger partial charge < -0.3 is 0 Å². The molecule has 0 aliphatic carbocycles. The first-order valence-corrected chi connectivity index (χ1v) is 6.37. The molecule has 1 aromatic rings.